The quantitative estimate of drug-likeness (QED) is 0.344. The van der Waals surface area contributed by atoms with Crippen LogP contribution in [-0.4, -0.2) is 53.5 Å². The lowest BCUT2D eigenvalue weighted by Crippen LogP contribution is -2.32. The maximum absolute atomic E-state index is 13.2. The number of aliphatic hydroxyl groups excluding tert-OH is 1. The summed E-state index contributed by atoms with van der Waals surface area (Å²) in [5.74, 6) is -1.66. The number of hydrogen-bond acceptors (Lipinski definition) is 6. The van der Waals surface area contributed by atoms with Crippen molar-refractivity contribution in [1.29, 1.82) is 0 Å². The van der Waals surface area contributed by atoms with Crippen molar-refractivity contribution < 1.29 is 34.1 Å². The number of ether oxygens (including phenoxy) is 2. The lowest BCUT2D eigenvalue weighted by atomic mass is 9.95. The van der Waals surface area contributed by atoms with Gasteiger partial charge in [-0.2, -0.15) is 0 Å². The molecule has 0 radical (unpaired) electrons. The summed E-state index contributed by atoms with van der Waals surface area (Å²) in [7, 11) is 3.00. The summed E-state index contributed by atoms with van der Waals surface area (Å²) in [6.45, 7) is 0.251. The Bertz CT molecular complexity index is 1140. The van der Waals surface area contributed by atoms with E-state index in [1.165, 1.54) is 25.2 Å². The van der Waals surface area contributed by atoms with Crippen LogP contribution in [0, 0.1) is 0 Å². The first-order chi connectivity index (χ1) is 16.9. The Morgan fingerprint density at radius 2 is 1.71 bits per heavy atom. The Hall–Kier alpha value is -4.07. The van der Waals surface area contributed by atoms with Gasteiger partial charge in [-0.1, -0.05) is 48.9 Å². The first-order valence-electron chi connectivity index (χ1n) is 11.3. The van der Waals surface area contributed by atoms with E-state index in [0.717, 1.165) is 5.56 Å². The number of carboxylic acid groups (broad SMARTS) is 1. The molecule has 0 aromatic heterocycles. The number of aliphatic hydroxyl groups is 1. The van der Waals surface area contributed by atoms with Crippen LogP contribution in [0.2, 0.25) is 0 Å². The third-order valence-electron chi connectivity index (χ3n) is 5.81. The lowest BCUT2D eigenvalue weighted by molar-refractivity contribution is -0.137. The van der Waals surface area contributed by atoms with Gasteiger partial charge in [-0.05, 0) is 42.2 Å². The second-order valence-electron chi connectivity index (χ2n) is 8.09. The van der Waals surface area contributed by atoms with E-state index in [0.29, 0.717) is 36.3 Å². The molecular weight excluding hydrogens is 450 g/mol. The fourth-order valence-corrected chi connectivity index (χ4v) is 4.07. The summed E-state index contributed by atoms with van der Waals surface area (Å²) >= 11 is 0. The van der Waals surface area contributed by atoms with E-state index < -0.39 is 29.5 Å². The molecule has 2 N–H and O–H groups in total. The van der Waals surface area contributed by atoms with Crippen LogP contribution in [-0.2, 0) is 14.4 Å². The third-order valence-corrected chi connectivity index (χ3v) is 5.81. The highest BCUT2D eigenvalue weighted by Gasteiger charge is 2.42. The van der Waals surface area contributed by atoms with Crippen LogP contribution in [0.15, 0.2) is 65.9 Å². The van der Waals surface area contributed by atoms with Gasteiger partial charge in [0.05, 0.1) is 25.8 Å². The summed E-state index contributed by atoms with van der Waals surface area (Å²) in [4.78, 5) is 38.5. The zero-order valence-corrected chi connectivity index (χ0v) is 19.8. The number of methoxy groups -OCH3 is 2. The van der Waals surface area contributed by atoms with Crippen LogP contribution < -0.4 is 9.47 Å². The molecule has 0 saturated heterocycles. The predicted molar refractivity (Wildman–Crippen MR) is 130 cm³/mol. The van der Waals surface area contributed by atoms with Crippen molar-refractivity contribution in [3.05, 3.63) is 77.1 Å². The minimum absolute atomic E-state index is 0.0139. The zero-order valence-electron chi connectivity index (χ0n) is 19.8. The number of carbonyl (C=O) groups excluding carboxylic acids is 2. The Kier molecular flexibility index (Phi) is 8.67. The van der Waals surface area contributed by atoms with Gasteiger partial charge in [-0.25, -0.2) is 0 Å². The smallest absolute Gasteiger partial charge is 0.303 e. The standard InChI is InChI=1S/C27H29NO7/c1-34-21-15-13-19(17-22(21)35-2)25-24(20(29)14-12-18-9-5-3-6-10-18)26(32)27(33)28(25)16-8-4-7-11-23(30)31/h3,5-6,9-10,12-15,17,25,32H,4,7-8,11,16H2,1-2H3,(H,30,31)/b14-12+/t25-/m0/s1. The number of carbonyl (C=O) groups is 3. The van der Waals surface area contributed by atoms with Crippen LogP contribution in [0.1, 0.15) is 42.9 Å². The predicted octanol–water partition coefficient (Wildman–Crippen LogP) is 4.33. The summed E-state index contributed by atoms with van der Waals surface area (Å²) in [5, 5.41) is 19.6. The average Bonchev–Trinajstić information content (AvgIpc) is 3.12. The van der Waals surface area contributed by atoms with Crippen LogP contribution in [0.25, 0.3) is 6.08 Å². The molecule has 1 aliphatic rings. The van der Waals surface area contributed by atoms with E-state index >= 15 is 0 Å². The maximum Gasteiger partial charge on any atom is 0.303 e. The number of carboxylic acids is 1. The molecule has 2 aromatic rings. The molecule has 1 atom stereocenters. The Morgan fingerprint density at radius 1 is 1.00 bits per heavy atom. The number of unbranched alkanes of at least 4 members (excludes halogenated alkanes) is 2. The molecular formula is C27H29NO7. The molecule has 0 fully saturated rings. The van der Waals surface area contributed by atoms with Crippen molar-refractivity contribution >= 4 is 23.7 Å². The SMILES string of the molecule is COc1ccc([C@H]2C(C(=O)/C=C/c3ccccc3)=C(O)C(=O)N2CCCCCC(=O)O)cc1OC. The van der Waals surface area contributed by atoms with Crippen LogP contribution in [0.4, 0.5) is 0 Å². The highest BCUT2D eigenvalue weighted by Crippen LogP contribution is 2.41. The number of hydrogen-bond donors (Lipinski definition) is 2. The van der Waals surface area contributed by atoms with Gasteiger partial charge in [-0.15, -0.1) is 0 Å². The number of benzene rings is 2. The van der Waals surface area contributed by atoms with Crippen LogP contribution in [0.3, 0.4) is 0 Å². The minimum atomic E-state index is -0.872. The van der Waals surface area contributed by atoms with E-state index in [1.807, 2.05) is 30.3 Å². The van der Waals surface area contributed by atoms with E-state index in [2.05, 4.69) is 0 Å². The van der Waals surface area contributed by atoms with E-state index in [9.17, 15) is 19.5 Å². The minimum Gasteiger partial charge on any atom is -0.503 e. The number of aliphatic carboxylic acids is 1. The van der Waals surface area contributed by atoms with Gasteiger partial charge >= 0.3 is 5.97 Å². The van der Waals surface area contributed by atoms with Gasteiger partial charge in [-0.3, -0.25) is 14.4 Å². The first-order valence-corrected chi connectivity index (χ1v) is 11.3. The normalized spacial score (nSPS) is 15.7. The fraction of sp³-hybridized carbons (Fsp3) is 0.296. The second-order valence-corrected chi connectivity index (χ2v) is 8.09. The van der Waals surface area contributed by atoms with Gasteiger partial charge in [0.1, 0.15) is 0 Å². The van der Waals surface area contributed by atoms with Crippen molar-refractivity contribution in [3.63, 3.8) is 0 Å². The monoisotopic (exact) mass is 479 g/mol. The summed E-state index contributed by atoms with van der Waals surface area (Å²) in [6.07, 6.45) is 4.61. The summed E-state index contributed by atoms with van der Waals surface area (Å²) in [5.41, 5.74) is 1.38. The number of amides is 1. The van der Waals surface area contributed by atoms with Crippen molar-refractivity contribution in [2.75, 3.05) is 20.8 Å². The Labute approximate surface area is 204 Å². The Morgan fingerprint density at radius 3 is 2.37 bits per heavy atom. The molecule has 35 heavy (non-hydrogen) atoms. The number of ketones is 1. The molecule has 1 aliphatic heterocycles. The van der Waals surface area contributed by atoms with Crippen molar-refractivity contribution in [1.82, 2.24) is 4.90 Å². The molecule has 0 aliphatic carbocycles. The van der Waals surface area contributed by atoms with Gasteiger partial charge in [0.25, 0.3) is 5.91 Å². The topological polar surface area (TPSA) is 113 Å². The van der Waals surface area contributed by atoms with Crippen molar-refractivity contribution in [3.8, 4) is 11.5 Å². The number of nitrogens with zero attached hydrogens (tertiary/aromatic N) is 1. The highest BCUT2D eigenvalue weighted by molar-refractivity contribution is 6.14. The molecule has 0 spiro atoms. The van der Waals surface area contributed by atoms with Gasteiger partial charge in [0.15, 0.2) is 23.0 Å². The van der Waals surface area contributed by atoms with E-state index in [4.69, 9.17) is 14.6 Å². The Balaban J connectivity index is 1.93. The van der Waals surface area contributed by atoms with E-state index in [1.54, 1.807) is 24.3 Å². The lowest BCUT2D eigenvalue weighted by Gasteiger charge is -2.27. The van der Waals surface area contributed by atoms with Crippen molar-refractivity contribution in [2.24, 2.45) is 0 Å². The zero-order chi connectivity index (χ0) is 25.4. The van der Waals surface area contributed by atoms with Gasteiger partial charge in [0.2, 0.25) is 0 Å². The van der Waals surface area contributed by atoms with Crippen LogP contribution >= 0.6 is 0 Å². The van der Waals surface area contributed by atoms with Gasteiger partial charge < -0.3 is 24.6 Å². The first kappa shape index (κ1) is 25.6. The van der Waals surface area contributed by atoms with Gasteiger partial charge in [0, 0.05) is 13.0 Å². The van der Waals surface area contributed by atoms with Crippen LogP contribution in [0.5, 0.6) is 11.5 Å². The molecule has 1 amide bonds. The molecule has 0 saturated carbocycles. The molecule has 0 unspecified atom stereocenters. The molecule has 184 valence electrons. The second kappa shape index (κ2) is 11.9. The van der Waals surface area contributed by atoms with Crippen molar-refractivity contribution in [2.45, 2.75) is 31.7 Å². The highest BCUT2D eigenvalue weighted by atomic mass is 16.5. The summed E-state index contributed by atoms with van der Waals surface area (Å²) < 4.78 is 10.7. The summed E-state index contributed by atoms with van der Waals surface area (Å²) in [6, 6.07) is 13.5. The molecule has 8 nitrogen and oxygen atoms in total. The molecule has 0 bridgehead atoms. The number of rotatable bonds is 12. The molecule has 3 rings (SSSR count). The maximum atomic E-state index is 13.2. The molecule has 8 heteroatoms. The molecule has 2 aromatic carbocycles. The fourth-order valence-electron chi connectivity index (χ4n) is 4.07. The average molecular weight is 480 g/mol. The molecule has 1 heterocycles. The number of allylic oxidation sites excluding steroid dienone is 1. The van der Waals surface area contributed by atoms with E-state index in [-0.39, 0.29) is 18.5 Å². The third kappa shape index (κ3) is 6.09. The largest absolute Gasteiger partial charge is 0.503 e.